The first-order chi connectivity index (χ1) is 9.96. The molecule has 0 saturated heterocycles. The van der Waals surface area contributed by atoms with Crippen LogP contribution in [0.4, 0.5) is 0 Å². The third-order valence-corrected chi connectivity index (χ3v) is 3.04. The van der Waals surface area contributed by atoms with Gasteiger partial charge in [0.25, 0.3) is 0 Å². The van der Waals surface area contributed by atoms with Crippen molar-refractivity contribution in [2.24, 2.45) is 0 Å². The van der Waals surface area contributed by atoms with Crippen molar-refractivity contribution in [3.8, 4) is 11.5 Å². The van der Waals surface area contributed by atoms with Gasteiger partial charge in [-0.1, -0.05) is 6.07 Å². The van der Waals surface area contributed by atoms with Gasteiger partial charge in [0.05, 0.1) is 20.6 Å². The van der Waals surface area contributed by atoms with Gasteiger partial charge in [-0.3, -0.25) is 9.59 Å². The Morgan fingerprint density at radius 2 is 2.00 bits per heavy atom. The summed E-state index contributed by atoms with van der Waals surface area (Å²) in [6.45, 7) is 1.78. The molecule has 0 saturated carbocycles. The Bertz CT molecular complexity index is 501. The van der Waals surface area contributed by atoms with E-state index in [-0.39, 0.29) is 24.8 Å². The van der Waals surface area contributed by atoms with Gasteiger partial charge in [-0.15, -0.1) is 0 Å². The molecule has 6 heteroatoms. The van der Waals surface area contributed by atoms with Gasteiger partial charge < -0.3 is 19.9 Å². The lowest BCUT2D eigenvalue weighted by Crippen LogP contribution is -2.34. The maximum absolute atomic E-state index is 11.9. The number of benzene rings is 1. The summed E-state index contributed by atoms with van der Waals surface area (Å²) < 4.78 is 10.3. The largest absolute Gasteiger partial charge is 0.497 e. The fourth-order valence-electron chi connectivity index (χ4n) is 1.91. The van der Waals surface area contributed by atoms with Gasteiger partial charge in [-0.05, 0) is 19.4 Å². The molecule has 1 rings (SSSR count). The van der Waals surface area contributed by atoms with Gasteiger partial charge in [0.1, 0.15) is 11.5 Å². The van der Waals surface area contributed by atoms with Gasteiger partial charge in [-0.2, -0.15) is 0 Å². The zero-order valence-corrected chi connectivity index (χ0v) is 12.5. The van der Waals surface area contributed by atoms with Crippen molar-refractivity contribution in [1.82, 2.24) is 5.32 Å². The van der Waals surface area contributed by atoms with E-state index in [1.54, 1.807) is 32.2 Å². The molecule has 0 aliphatic rings. The quantitative estimate of drug-likeness (QED) is 0.761. The van der Waals surface area contributed by atoms with Crippen LogP contribution in [0.25, 0.3) is 0 Å². The van der Waals surface area contributed by atoms with Gasteiger partial charge in [-0.25, -0.2) is 0 Å². The number of ether oxygens (including phenoxy) is 2. The Hall–Kier alpha value is -2.24. The second-order valence-electron chi connectivity index (χ2n) is 4.76. The number of aliphatic carboxylic acids is 1. The van der Waals surface area contributed by atoms with E-state index in [0.29, 0.717) is 17.9 Å². The van der Waals surface area contributed by atoms with Gasteiger partial charge in [0, 0.05) is 24.1 Å². The van der Waals surface area contributed by atoms with Crippen LogP contribution in [0, 0.1) is 0 Å². The first-order valence-electron chi connectivity index (χ1n) is 6.68. The predicted octanol–water partition coefficient (Wildman–Crippen LogP) is 1.62. The highest BCUT2D eigenvalue weighted by atomic mass is 16.5. The molecule has 2 N–H and O–H groups in total. The van der Waals surface area contributed by atoms with Crippen LogP contribution in [0.5, 0.6) is 11.5 Å². The summed E-state index contributed by atoms with van der Waals surface area (Å²) in [6.07, 6.45) is 0.610. The molecule has 0 aliphatic heterocycles. The molecule has 116 valence electrons. The third kappa shape index (κ3) is 5.72. The van der Waals surface area contributed by atoms with Crippen LogP contribution in [0.2, 0.25) is 0 Å². The molecule has 1 unspecified atom stereocenters. The van der Waals surface area contributed by atoms with Crippen LogP contribution in [-0.4, -0.2) is 37.2 Å². The Morgan fingerprint density at radius 3 is 2.57 bits per heavy atom. The van der Waals surface area contributed by atoms with Crippen molar-refractivity contribution in [2.45, 2.75) is 32.2 Å². The zero-order valence-electron chi connectivity index (χ0n) is 12.5. The van der Waals surface area contributed by atoms with Gasteiger partial charge in [0.15, 0.2) is 0 Å². The van der Waals surface area contributed by atoms with Crippen LogP contribution in [-0.2, 0) is 16.0 Å². The molecule has 6 nitrogen and oxygen atoms in total. The molecule has 1 amide bonds. The average Bonchev–Trinajstić information content (AvgIpc) is 2.45. The number of methoxy groups -OCH3 is 2. The number of carbonyl (C=O) groups excluding carboxylic acids is 1. The normalized spacial score (nSPS) is 11.6. The highest BCUT2D eigenvalue weighted by molar-refractivity contribution is 5.79. The molecule has 0 spiro atoms. The molecular weight excluding hydrogens is 274 g/mol. The molecule has 1 atom stereocenters. The maximum Gasteiger partial charge on any atom is 0.303 e. The highest BCUT2D eigenvalue weighted by Crippen LogP contribution is 2.24. The number of carbonyl (C=O) groups is 2. The zero-order chi connectivity index (χ0) is 15.8. The molecule has 0 aliphatic carbocycles. The van der Waals surface area contributed by atoms with E-state index in [2.05, 4.69) is 5.32 Å². The maximum atomic E-state index is 11.9. The lowest BCUT2D eigenvalue weighted by Gasteiger charge is -2.14. The molecule has 1 aromatic carbocycles. The first-order valence-corrected chi connectivity index (χ1v) is 6.68. The van der Waals surface area contributed by atoms with E-state index in [0.717, 1.165) is 5.56 Å². The second kappa shape index (κ2) is 8.14. The third-order valence-electron chi connectivity index (χ3n) is 3.04. The molecule has 21 heavy (non-hydrogen) atoms. The van der Waals surface area contributed by atoms with E-state index in [1.165, 1.54) is 7.11 Å². The fraction of sp³-hybridized carbons (Fsp3) is 0.467. The van der Waals surface area contributed by atoms with Crippen LogP contribution in [0.1, 0.15) is 25.3 Å². The highest BCUT2D eigenvalue weighted by Gasteiger charge is 2.13. The number of rotatable bonds is 8. The summed E-state index contributed by atoms with van der Waals surface area (Å²) in [4.78, 5) is 22.4. The van der Waals surface area contributed by atoms with Crippen molar-refractivity contribution < 1.29 is 24.2 Å². The Labute approximate surface area is 124 Å². The minimum Gasteiger partial charge on any atom is -0.497 e. The van der Waals surface area contributed by atoms with Crippen molar-refractivity contribution in [3.05, 3.63) is 23.8 Å². The lowest BCUT2D eigenvalue weighted by molar-refractivity contribution is -0.137. The Balaban J connectivity index is 2.60. The summed E-state index contributed by atoms with van der Waals surface area (Å²) >= 11 is 0. The number of hydrogen-bond donors (Lipinski definition) is 2. The van der Waals surface area contributed by atoms with Crippen molar-refractivity contribution in [2.75, 3.05) is 14.2 Å². The monoisotopic (exact) mass is 295 g/mol. The summed E-state index contributed by atoms with van der Waals surface area (Å²) in [5, 5.41) is 11.4. The molecular formula is C15H21NO5. The second-order valence-corrected chi connectivity index (χ2v) is 4.76. The minimum absolute atomic E-state index is 0.0350. The van der Waals surface area contributed by atoms with E-state index >= 15 is 0 Å². The number of amides is 1. The van der Waals surface area contributed by atoms with E-state index in [4.69, 9.17) is 14.6 Å². The lowest BCUT2D eigenvalue weighted by atomic mass is 10.1. The summed E-state index contributed by atoms with van der Waals surface area (Å²) in [6, 6.07) is 5.08. The molecule has 0 radical (unpaired) electrons. The van der Waals surface area contributed by atoms with Crippen LogP contribution in [0.15, 0.2) is 18.2 Å². The standard InChI is InChI=1S/C15H21NO5/c1-10(4-7-15(18)19)16-14(17)8-11-5-6-12(20-2)9-13(11)21-3/h5-6,9-10H,4,7-8H2,1-3H3,(H,16,17)(H,18,19). The summed E-state index contributed by atoms with van der Waals surface area (Å²) in [5.74, 6) is 0.206. The average molecular weight is 295 g/mol. The molecule has 0 fully saturated rings. The van der Waals surface area contributed by atoms with Crippen molar-refractivity contribution in [1.29, 1.82) is 0 Å². The number of hydrogen-bond acceptors (Lipinski definition) is 4. The Kier molecular flexibility index (Phi) is 6.52. The van der Waals surface area contributed by atoms with Crippen LogP contribution < -0.4 is 14.8 Å². The first kappa shape index (κ1) is 16.8. The topological polar surface area (TPSA) is 84.9 Å². The van der Waals surface area contributed by atoms with Crippen molar-refractivity contribution in [3.63, 3.8) is 0 Å². The van der Waals surface area contributed by atoms with Crippen molar-refractivity contribution >= 4 is 11.9 Å². The van der Waals surface area contributed by atoms with Crippen LogP contribution >= 0.6 is 0 Å². The SMILES string of the molecule is COc1ccc(CC(=O)NC(C)CCC(=O)O)c(OC)c1. The Morgan fingerprint density at radius 1 is 1.29 bits per heavy atom. The minimum atomic E-state index is -0.868. The van der Waals surface area contributed by atoms with E-state index < -0.39 is 5.97 Å². The van der Waals surface area contributed by atoms with E-state index in [9.17, 15) is 9.59 Å². The van der Waals surface area contributed by atoms with Gasteiger partial charge >= 0.3 is 5.97 Å². The molecule has 0 aromatic heterocycles. The summed E-state index contributed by atoms with van der Waals surface area (Å²) in [7, 11) is 3.09. The fourth-order valence-corrected chi connectivity index (χ4v) is 1.91. The smallest absolute Gasteiger partial charge is 0.303 e. The van der Waals surface area contributed by atoms with E-state index in [1.807, 2.05) is 0 Å². The van der Waals surface area contributed by atoms with Gasteiger partial charge in [0.2, 0.25) is 5.91 Å². The summed E-state index contributed by atoms with van der Waals surface area (Å²) in [5.41, 5.74) is 0.751. The molecule has 0 bridgehead atoms. The number of nitrogens with one attached hydrogen (secondary N) is 1. The number of carboxylic acid groups (broad SMARTS) is 1. The van der Waals surface area contributed by atoms with Crippen LogP contribution in [0.3, 0.4) is 0 Å². The number of carboxylic acids is 1. The molecule has 1 aromatic rings. The molecule has 0 heterocycles. The predicted molar refractivity (Wildman–Crippen MR) is 77.7 cm³/mol.